The summed E-state index contributed by atoms with van der Waals surface area (Å²) in [5.41, 5.74) is -0.469. The summed E-state index contributed by atoms with van der Waals surface area (Å²) in [6.07, 6.45) is 4.09. The summed E-state index contributed by atoms with van der Waals surface area (Å²) in [5.74, 6) is 0.633. The first-order valence-electron chi connectivity index (χ1n) is 9.84. The molecule has 28 heavy (non-hydrogen) atoms. The Labute approximate surface area is 186 Å². The molecule has 2 N–H and O–H groups in total. The van der Waals surface area contributed by atoms with Gasteiger partial charge in [0.1, 0.15) is 5.60 Å². The minimum absolute atomic E-state index is 0. The van der Waals surface area contributed by atoms with Gasteiger partial charge in [0.2, 0.25) is 0 Å². The van der Waals surface area contributed by atoms with Gasteiger partial charge in [-0.25, -0.2) is 4.79 Å². The SMILES string of the molecule is CCNC(=NCCCCCCC(=O)OC)NC1CN(C(=O)OC(C)(C)C)C1.I. The van der Waals surface area contributed by atoms with E-state index in [-0.39, 0.29) is 42.1 Å². The minimum atomic E-state index is -0.469. The number of carbonyl (C=O) groups excluding carboxylic acids is 2. The zero-order valence-electron chi connectivity index (χ0n) is 17.9. The van der Waals surface area contributed by atoms with Gasteiger partial charge in [-0.3, -0.25) is 9.79 Å². The molecule has 1 heterocycles. The predicted molar refractivity (Wildman–Crippen MR) is 121 cm³/mol. The van der Waals surface area contributed by atoms with E-state index >= 15 is 0 Å². The number of unbranched alkanes of at least 4 members (excludes halogenated alkanes) is 3. The number of nitrogens with zero attached hydrogens (tertiary/aromatic N) is 2. The maximum absolute atomic E-state index is 12.0. The van der Waals surface area contributed by atoms with Crippen LogP contribution in [-0.2, 0) is 14.3 Å². The Kier molecular flexibility index (Phi) is 13.2. The maximum atomic E-state index is 12.0. The molecule has 164 valence electrons. The second-order valence-electron chi connectivity index (χ2n) is 7.73. The fourth-order valence-corrected chi connectivity index (χ4v) is 2.59. The maximum Gasteiger partial charge on any atom is 0.410 e. The first kappa shape index (κ1) is 26.7. The van der Waals surface area contributed by atoms with Gasteiger partial charge in [-0.05, 0) is 40.5 Å². The van der Waals surface area contributed by atoms with Crippen LogP contribution in [0.5, 0.6) is 0 Å². The Balaban J connectivity index is 0.00000729. The van der Waals surface area contributed by atoms with Gasteiger partial charge in [0, 0.05) is 32.6 Å². The van der Waals surface area contributed by atoms with E-state index in [1.165, 1.54) is 7.11 Å². The van der Waals surface area contributed by atoms with Crippen LogP contribution in [0.25, 0.3) is 0 Å². The van der Waals surface area contributed by atoms with E-state index in [0.717, 1.165) is 44.7 Å². The summed E-state index contributed by atoms with van der Waals surface area (Å²) >= 11 is 0. The quantitative estimate of drug-likeness (QED) is 0.162. The van der Waals surface area contributed by atoms with Gasteiger partial charge in [0.05, 0.1) is 13.2 Å². The smallest absolute Gasteiger partial charge is 0.410 e. The zero-order chi connectivity index (χ0) is 20.3. The van der Waals surface area contributed by atoms with Crippen molar-refractivity contribution < 1.29 is 19.1 Å². The van der Waals surface area contributed by atoms with Crippen molar-refractivity contribution in [2.24, 2.45) is 4.99 Å². The van der Waals surface area contributed by atoms with E-state index in [0.29, 0.717) is 19.5 Å². The van der Waals surface area contributed by atoms with E-state index in [9.17, 15) is 9.59 Å². The lowest BCUT2D eigenvalue weighted by molar-refractivity contribution is -0.140. The standard InChI is InChI=1S/C19H36N4O4.HI/c1-6-20-17(21-12-10-8-7-9-11-16(24)26-5)22-15-13-23(14-15)18(25)27-19(2,3)4;/h15H,6-14H2,1-5H3,(H2,20,21,22);1H. The molecule has 1 aliphatic heterocycles. The Morgan fingerprint density at radius 3 is 2.36 bits per heavy atom. The summed E-state index contributed by atoms with van der Waals surface area (Å²) in [6.45, 7) is 10.4. The Morgan fingerprint density at radius 2 is 1.79 bits per heavy atom. The largest absolute Gasteiger partial charge is 0.469 e. The van der Waals surface area contributed by atoms with Crippen molar-refractivity contribution in [3.05, 3.63) is 0 Å². The highest BCUT2D eigenvalue weighted by atomic mass is 127. The van der Waals surface area contributed by atoms with Gasteiger partial charge in [-0.1, -0.05) is 12.8 Å². The number of methoxy groups -OCH3 is 1. The molecular formula is C19H37IN4O4. The van der Waals surface area contributed by atoms with E-state index in [1.54, 1.807) is 4.90 Å². The highest BCUT2D eigenvalue weighted by Crippen LogP contribution is 2.15. The monoisotopic (exact) mass is 512 g/mol. The molecule has 1 saturated heterocycles. The van der Waals surface area contributed by atoms with Crippen LogP contribution in [0.2, 0.25) is 0 Å². The fraction of sp³-hybridized carbons (Fsp3) is 0.842. The van der Waals surface area contributed by atoms with Crippen LogP contribution in [0.4, 0.5) is 4.79 Å². The number of aliphatic imine (C=N–C) groups is 1. The average molecular weight is 512 g/mol. The Morgan fingerprint density at radius 1 is 1.14 bits per heavy atom. The second-order valence-corrected chi connectivity index (χ2v) is 7.73. The molecule has 0 aromatic carbocycles. The first-order valence-corrected chi connectivity index (χ1v) is 9.84. The molecule has 0 spiro atoms. The van der Waals surface area contributed by atoms with Crippen molar-refractivity contribution in [2.75, 3.05) is 33.3 Å². The van der Waals surface area contributed by atoms with Crippen molar-refractivity contribution in [3.63, 3.8) is 0 Å². The van der Waals surface area contributed by atoms with Crippen LogP contribution in [0.3, 0.4) is 0 Å². The molecule has 1 aliphatic rings. The van der Waals surface area contributed by atoms with Crippen LogP contribution in [0.15, 0.2) is 4.99 Å². The van der Waals surface area contributed by atoms with Crippen molar-refractivity contribution in [1.82, 2.24) is 15.5 Å². The number of likely N-dealkylation sites (tertiary alicyclic amines) is 1. The normalized spacial score (nSPS) is 14.6. The van der Waals surface area contributed by atoms with E-state index in [4.69, 9.17) is 4.74 Å². The number of hydrogen-bond donors (Lipinski definition) is 2. The Hall–Kier alpha value is -1.26. The molecule has 9 heteroatoms. The molecule has 0 aliphatic carbocycles. The molecule has 0 aromatic rings. The molecular weight excluding hydrogens is 475 g/mol. The number of nitrogens with one attached hydrogen (secondary N) is 2. The molecule has 1 fully saturated rings. The summed E-state index contributed by atoms with van der Waals surface area (Å²) in [4.78, 5) is 29.3. The highest BCUT2D eigenvalue weighted by molar-refractivity contribution is 14.0. The summed E-state index contributed by atoms with van der Waals surface area (Å²) in [5, 5.41) is 6.59. The lowest BCUT2D eigenvalue weighted by Crippen LogP contribution is -2.63. The predicted octanol–water partition coefficient (Wildman–Crippen LogP) is 2.90. The molecule has 0 radical (unpaired) electrons. The summed E-state index contributed by atoms with van der Waals surface area (Å²) in [6, 6.07) is 0.190. The van der Waals surface area contributed by atoms with Crippen LogP contribution >= 0.6 is 24.0 Å². The highest BCUT2D eigenvalue weighted by Gasteiger charge is 2.34. The van der Waals surface area contributed by atoms with Gasteiger partial charge in [0.15, 0.2) is 5.96 Å². The Bertz CT molecular complexity index is 503. The average Bonchev–Trinajstić information content (AvgIpc) is 2.54. The minimum Gasteiger partial charge on any atom is -0.469 e. The molecule has 1 rings (SSSR count). The van der Waals surface area contributed by atoms with Gasteiger partial charge < -0.3 is 25.0 Å². The number of halogens is 1. The third-order valence-corrected chi connectivity index (χ3v) is 4.00. The van der Waals surface area contributed by atoms with Gasteiger partial charge in [-0.15, -0.1) is 24.0 Å². The molecule has 0 atom stereocenters. The number of esters is 1. The zero-order valence-corrected chi connectivity index (χ0v) is 20.2. The van der Waals surface area contributed by atoms with Gasteiger partial charge >= 0.3 is 12.1 Å². The van der Waals surface area contributed by atoms with Gasteiger partial charge in [-0.2, -0.15) is 0 Å². The molecule has 1 amide bonds. The second kappa shape index (κ2) is 13.8. The summed E-state index contributed by atoms with van der Waals surface area (Å²) in [7, 11) is 1.42. The van der Waals surface area contributed by atoms with Crippen LogP contribution < -0.4 is 10.6 Å². The van der Waals surface area contributed by atoms with Crippen molar-refractivity contribution in [2.45, 2.75) is 71.4 Å². The van der Waals surface area contributed by atoms with Crippen molar-refractivity contribution in [3.8, 4) is 0 Å². The van der Waals surface area contributed by atoms with Crippen molar-refractivity contribution in [1.29, 1.82) is 0 Å². The van der Waals surface area contributed by atoms with E-state index in [1.807, 2.05) is 27.7 Å². The lowest BCUT2D eigenvalue weighted by atomic mass is 10.1. The molecule has 0 saturated carbocycles. The third kappa shape index (κ3) is 11.6. The van der Waals surface area contributed by atoms with Crippen LogP contribution in [0.1, 0.15) is 59.8 Å². The third-order valence-electron chi connectivity index (χ3n) is 4.00. The van der Waals surface area contributed by atoms with E-state index < -0.39 is 5.60 Å². The molecule has 0 bridgehead atoms. The van der Waals surface area contributed by atoms with E-state index in [2.05, 4.69) is 20.4 Å². The number of ether oxygens (including phenoxy) is 2. The van der Waals surface area contributed by atoms with Crippen molar-refractivity contribution >= 4 is 42.0 Å². The summed E-state index contributed by atoms with van der Waals surface area (Å²) < 4.78 is 9.99. The molecule has 0 aromatic heterocycles. The number of hydrogen-bond acceptors (Lipinski definition) is 5. The lowest BCUT2D eigenvalue weighted by Gasteiger charge is -2.40. The fourth-order valence-electron chi connectivity index (χ4n) is 2.59. The van der Waals surface area contributed by atoms with Crippen LogP contribution in [-0.4, -0.2) is 67.9 Å². The van der Waals surface area contributed by atoms with Gasteiger partial charge in [0.25, 0.3) is 0 Å². The number of carbonyl (C=O) groups is 2. The number of guanidine groups is 1. The number of rotatable bonds is 9. The first-order chi connectivity index (χ1) is 12.7. The number of amides is 1. The molecule has 8 nitrogen and oxygen atoms in total. The topological polar surface area (TPSA) is 92.3 Å². The van der Waals surface area contributed by atoms with Crippen LogP contribution in [0, 0.1) is 0 Å². The molecule has 0 unspecified atom stereocenters.